The lowest BCUT2D eigenvalue weighted by molar-refractivity contribution is -0.119. The smallest absolute Gasteiger partial charge is 0.249 e. The highest BCUT2D eigenvalue weighted by molar-refractivity contribution is 6.31. The van der Waals surface area contributed by atoms with E-state index >= 15 is 0 Å². The van der Waals surface area contributed by atoms with E-state index in [0.717, 1.165) is 27.9 Å². The van der Waals surface area contributed by atoms with Gasteiger partial charge in [-0.2, -0.15) is 0 Å². The molecule has 0 saturated heterocycles. The van der Waals surface area contributed by atoms with Crippen molar-refractivity contribution in [2.75, 3.05) is 4.90 Å². The van der Waals surface area contributed by atoms with Crippen LogP contribution in [0.15, 0.2) is 79.4 Å². The average Bonchev–Trinajstić information content (AvgIpc) is 3.28. The van der Waals surface area contributed by atoms with Gasteiger partial charge in [-0.25, -0.2) is 4.68 Å². The van der Waals surface area contributed by atoms with E-state index in [1.54, 1.807) is 23.5 Å². The van der Waals surface area contributed by atoms with Crippen LogP contribution in [0.25, 0.3) is 11.1 Å². The lowest BCUT2D eigenvalue weighted by Gasteiger charge is -2.23. The normalized spacial score (nSPS) is 10.7. The first-order chi connectivity index (χ1) is 14.6. The lowest BCUT2D eigenvalue weighted by atomic mass is 10.1. The summed E-state index contributed by atoms with van der Waals surface area (Å²) in [6, 6.07) is 17.6. The van der Waals surface area contributed by atoms with Crippen molar-refractivity contribution >= 4 is 23.2 Å². The van der Waals surface area contributed by atoms with Crippen LogP contribution in [0.5, 0.6) is 0 Å². The molecule has 0 atom stereocenters. The van der Waals surface area contributed by atoms with Crippen molar-refractivity contribution in [1.82, 2.24) is 20.0 Å². The van der Waals surface area contributed by atoms with Crippen molar-refractivity contribution in [3.05, 3.63) is 95.5 Å². The molecule has 0 aliphatic heterocycles. The molecule has 6 nitrogen and oxygen atoms in total. The van der Waals surface area contributed by atoms with E-state index in [-0.39, 0.29) is 12.5 Å². The second kappa shape index (κ2) is 8.88. The molecule has 4 aromatic rings. The molecular formula is C23H20ClN5O. The molecule has 1 amide bonds. The molecule has 0 unspecified atom stereocenters. The molecule has 2 heterocycles. The Morgan fingerprint density at radius 3 is 2.57 bits per heavy atom. The number of pyridine rings is 1. The van der Waals surface area contributed by atoms with Gasteiger partial charge in [0.05, 0.1) is 12.7 Å². The molecule has 4 rings (SSSR count). The number of nitrogens with zero attached hydrogens (tertiary/aromatic N) is 5. The summed E-state index contributed by atoms with van der Waals surface area (Å²) in [5.74, 6) is -0.0914. The summed E-state index contributed by atoms with van der Waals surface area (Å²) < 4.78 is 1.52. The maximum absolute atomic E-state index is 13.1. The highest BCUT2D eigenvalue weighted by Gasteiger charge is 2.18. The van der Waals surface area contributed by atoms with Gasteiger partial charge < -0.3 is 4.90 Å². The monoisotopic (exact) mass is 417 g/mol. The third-order valence-corrected chi connectivity index (χ3v) is 5.23. The number of halogens is 1. The number of carbonyl (C=O) groups excluding carboxylic acids is 1. The van der Waals surface area contributed by atoms with Gasteiger partial charge in [-0.05, 0) is 53.4 Å². The number of aryl methyl sites for hydroxylation is 1. The third kappa shape index (κ3) is 4.55. The Bertz CT molecular complexity index is 1130. The summed E-state index contributed by atoms with van der Waals surface area (Å²) >= 11 is 6.29. The van der Waals surface area contributed by atoms with E-state index in [1.807, 2.05) is 67.7 Å². The largest absolute Gasteiger partial charge is 0.306 e. The maximum atomic E-state index is 13.1. The fourth-order valence-electron chi connectivity index (χ4n) is 3.15. The van der Waals surface area contributed by atoms with Crippen LogP contribution in [0, 0.1) is 6.92 Å². The Morgan fingerprint density at radius 2 is 1.90 bits per heavy atom. The molecule has 0 bridgehead atoms. The first-order valence-electron chi connectivity index (χ1n) is 9.50. The molecule has 0 radical (unpaired) electrons. The molecule has 2 aromatic heterocycles. The first kappa shape index (κ1) is 19.8. The number of aromatic nitrogens is 4. The van der Waals surface area contributed by atoms with Gasteiger partial charge in [-0.3, -0.25) is 9.78 Å². The van der Waals surface area contributed by atoms with Crippen molar-refractivity contribution in [3.63, 3.8) is 0 Å². The van der Waals surface area contributed by atoms with Gasteiger partial charge in [-0.1, -0.05) is 47.1 Å². The third-order valence-electron chi connectivity index (χ3n) is 4.82. The van der Waals surface area contributed by atoms with E-state index < -0.39 is 0 Å². The molecule has 0 N–H and O–H groups in total. The minimum Gasteiger partial charge on any atom is -0.306 e. The van der Waals surface area contributed by atoms with Crippen LogP contribution in [0.3, 0.4) is 0 Å². The number of carbonyl (C=O) groups is 1. The number of benzene rings is 2. The Morgan fingerprint density at radius 1 is 1.07 bits per heavy atom. The molecular weight excluding hydrogens is 398 g/mol. The molecule has 0 saturated carbocycles. The molecule has 2 aromatic carbocycles. The van der Waals surface area contributed by atoms with Crippen molar-refractivity contribution < 1.29 is 4.79 Å². The van der Waals surface area contributed by atoms with E-state index in [9.17, 15) is 4.79 Å². The summed E-state index contributed by atoms with van der Waals surface area (Å²) in [4.78, 5) is 19.0. The number of hydrogen-bond donors (Lipinski definition) is 0. The van der Waals surface area contributed by atoms with E-state index in [1.165, 1.54) is 4.68 Å². The highest BCUT2D eigenvalue weighted by atomic mass is 35.5. The van der Waals surface area contributed by atoms with Crippen molar-refractivity contribution in [2.24, 2.45) is 0 Å². The molecule has 0 fully saturated rings. The maximum Gasteiger partial charge on any atom is 0.249 e. The zero-order valence-corrected chi connectivity index (χ0v) is 17.2. The lowest BCUT2D eigenvalue weighted by Crippen LogP contribution is -2.33. The van der Waals surface area contributed by atoms with Crippen LogP contribution in [-0.2, 0) is 17.9 Å². The van der Waals surface area contributed by atoms with Gasteiger partial charge in [0.1, 0.15) is 6.54 Å². The summed E-state index contributed by atoms with van der Waals surface area (Å²) in [5.41, 5.74) is 4.81. The Kier molecular flexibility index (Phi) is 5.86. The summed E-state index contributed by atoms with van der Waals surface area (Å²) in [6.45, 7) is 2.46. The average molecular weight is 418 g/mol. The Hall–Kier alpha value is -3.51. The zero-order chi connectivity index (χ0) is 20.9. The molecule has 0 aliphatic carbocycles. The van der Waals surface area contributed by atoms with E-state index in [0.29, 0.717) is 11.6 Å². The SMILES string of the molecule is Cc1ccc(CN(C(=O)Cn2ccnn2)c2ccc(-c3cccnc3)cc2)cc1Cl. The van der Waals surface area contributed by atoms with Gasteiger partial charge in [0.2, 0.25) is 5.91 Å². The predicted molar refractivity (Wildman–Crippen MR) is 117 cm³/mol. The second-order valence-electron chi connectivity index (χ2n) is 6.95. The Balaban J connectivity index is 1.63. The number of anilines is 1. The number of rotatable bonds is 6. The van der Waals surface area contributed by atoms with Crippen molar-refractivity contribution in [2.45, 2.75) is 20.0 Å². The van der Waals surface area contributed by atoms with Gasteiger partial charge in [0.15, 0.2) is 0 Å². The summed E-state index contributed by atoms with van der Waals surface area (Å²) in [7, 11) is 0. The second-order valence-corrected chi connectivity index (χ2v) is 7.36. The van der Waals surface area contributed by atoms with Crippen LogP contribution < -0.4 is 4.90 Å². The molecule has 0 aliphatic rings. The van der Waals surface area contributed by atoms with Crippen LogP contribution in [-0.4, -0.2) is 25.9 Å². The van der Waals surface area contributed by atoms with Gasteiger partial charge in [0, 0.05) is 29.3 Å². The summed E-state index contributed by atoms with van der Waals surface area (Å²) in [5, 5.41) is 8.37. The van der Waals surface area contributed by atoms with Gasteiger partial charge in [0.25, 0.3) is 0 Å². The molecule has 150 valence electrons. The molecule has 30 heavy (non-hydrogen) atoms. The van der Waals surface area contributed by atoms with Crippen LogP contribution in [0.1, 0.15) is 11.1 Å². The minimum absolute atomic E-state index is 0.0914. The van der Waals surface area contributed by atoms with Crippen LogP contribution in [0.4, 0.5) is 5.69 Å². The standard InChI is InChI=1S/C23H20ClN5O/c1-17-4-5-18(13-22(17)24)15-29(23(30)16-28-12-11-26-27-28)21-8-6-19(7-9-21)20-3-2-10-25-14-20/h2-14H,15-16H2,1H3. The van der Waals surface area contributed by atoms with E-state index in [2.05, 4.69) is 15.3 Å². The van der Waals surface area contributed by atoms with E-state index in [4.69, 9.17) is 11.6 Å². The fourth-order valence-corrected chi connectivity index (χ4v) is 3.35. The molecule has 7 heteroatoms. The quantitative estimate of drug-likeness (QED) is 0.462. The Labute approximate surface area is 179 Å². The van der Waals surface area contributed by atoms with Gasteiger partial charge in [-0.15, -0.1) is 5.10 Å². The number of hydrogen-bond acceptors (Lipinski definition) is 4. The van der Waals surface area contributed by atoms with Crippen LogP contribution >= 0.6 is 11.6 Å². The van der Waals surface area contributed by atoms with Crippen LogP contribution in [0.2, 0.25) is 5.02 Å². The summed E-state index contributed by atoms with van der Waals surface area (Å²) in [6.07, 6.45) is 6.79. The topological polar surface area (TPSA) is 63.9 Å². The van der Waals surface area contributed by atoms with Crippen molar-refractivity contribution in [1.29, 1.82) is 0 Å². The number of amides is 1. The van der Waals surface area contributed by atoms with Crippen molar-refractivity contribution in [3.8, 4) is 11.1 Å². The molecule has 0 spiro atoms. The first-order valence-corrected chi connectivity index (χ1v) is 9.88. The highest BCUT2D eigenvalue weighted by Crippen LogP contribution is 2.25. The minimum atomic E-state index is -0.0914. The fraction of sp³-hybridized carbons (Fsp3) is 0.130. The van der Waals surface area contributed by atoms with Gasteiger partial charge >= 0.3 is 0 Å². The zero-order valence-electron chi connectivity index (χ0n) is 16.4. The predicted octanol–water partition coefficient (Wildman–Crippen LogP) is 4.54.